The average molecular weight is 195 g/mol. The first-order valence-electron chi connectivity index (χ1n) is 4.22. The second-order valence-electron chi connectivity index (χ2n) is 2.78. The highest BCUT2D eigenvalue weighted by Crippen LogP contribution is 1.90. The molecular formula is C8H13N5O. The van der Waals surface area contributed by atoms with Gasteiger partial charge in [-0.2, -0.15) is 5.10 Å². The summed E-state index contributed by atoms with van der Waals surface area (Å²) >= 11 is 0. The molecule has 1 unspecified atom stereocenters. The summed E-state index contributed by atoms with van der Waals surface area (Å²) in [4.78, 5) is 15.1. The Kier molecular flexibility index (Phi) is 3.81. The van der Waals surface area contributed by atoms with Crippen LogP contribution in [0.15, 0.2) is 19.0 Å². The molecule has 0 aromatic carbocycles. The summed E-state index contributed by atoms with van der Waals surface area (Å²) in [7, 11) is 0. The Balaban J connectivity index is 2.31. The monoisotopic (exact) mass is 195 g/mol. The number of nitrogens with zero attached hydrogens (tertiary/aromatic N) is 2. The Labute approximate surface area is 81.6 Å². The third-order valence-corrected chi connectivity index (χ3v) is 1.65. The molecule has 4 N–H and O–H groups in total. The highest BCUT2D eigenvalue weighted by molar-refractivity contribution is 5.81. The van der Waals surface area contributed by atoms with E-state index in [1.807, 2.05) is 0 Å². The molecule has 0 aliphatic rings. The van der Waals surface area contributed by atoms with Crippen LogP contribution in [0.4, 0.5) is 0 Å². The van der Waals surface area contributed by atoms with Gasteiger partial charge in [0, 0.05) is 0 Å². The summed E-state index contributed by atoms with van der Waals surface area (Å²) < 4.78 is 0. The van der Waals surface area contributed by atoms with E-state index in [1.54, 1.807) is 6.08 Å². The lowest BCUT2D eigenvalue weighted by Crippen LogP contribution is -2.39. The average Bonchev–Trinajstić information content (AvgIpc) is 2.67. The molecule has 1 aromatic rings. The van der Waals surface area contributed by atoms with Gasteiger partial charge in [-0.3, -0.25) is 9.89 Å². The number of H-pyrrole nitrogens is 1. The summed E-state index contributed by atoms with van der Waals surface area (Å²) in [5, 5.41) is 8.90. The summed E-state index contributed by atoms with van der Waals surface area (Å²) in [6.45, 7) is 3.81. The molecule has 0 bridgehead atoms. The Hall–Kier alpha value is -1.69. The highest BCUT2D eigenvalue weighted by atomic mass is 16.2. The number of hydrogen-bond acceptors (Lipinski definition) is 4. The molecule has 1 heterocycles. The van der Waals surface area contributed by atoms with Crippen LogP contribution in [0.3, 0.4) is 0 Å². The van der Waals surface area contributed by atoms with Crippen LogP contribution in [0.25, 0.3) is 0 Å². The molecule has 0 aliphatic heterocycles. The number of aromatic nitrogens is 3. The Morgan fingerprint density at radius 3 is 3.21 bits per heavy atom. The molecule has 0 radical (unpaired) electrons. The lowest BCUT2D eigenvalue weighted by Gasteiger charge is -2.08. The van der Waals surface area contributed by atoms with Gasteiger partial charge in [-0.1, -0.05) is 6.08 Å². The Morgan fingerprint density at radius 2 is 2.64 bits per heavy atom. The molecule has 1 aromatic heterocycles. The molecule has 6 heteroatoms. The fourth-order valence-electron chi connectivity index (χ4n) is 0.905. The van der Waals surface area contributed by atoms with Gasteiger partial charge in [-0.05, 0) is 6.42 Å². The molecule has 0 spiro atoms. The van der Waals surface area contributed by atoms with Crippen molar-refractivity contribution in [3.8, 4) is 0 Å². The second-order valence-corrected chi connectivity index (χ2v) is 2.78. The van der Waals surface area contributed by atoms with Crippen molar-refractivity contribution in [2.24, 2.45) is 5.73 Å². The number of nitrogens with two attached hydrogens (primary N) is 1. The topological polar surface area (TPSA) is 96.7 Å². The van der Waals surface area contributed by atoms with Gasteiger partial charge in [-0.15, -0.1) is 6.58 Å². The zero-order valence-corrected chi connectivity index (χ0v) is 7.73. The lowest BCUT2D eigenvalue weighted by molar-refractivity contribution is -0.122. The first kappa shape index (κ1) is 10.4. The maximum atomic E-state index is 11.3. The van der Waals surface area contributed by atoms with Gasteiger partial charge in [0.1, 0.15) is 12.2 Å². The van der Waals surface area contributed by atoms with E-state index in [0.717, 1.165) is 0 Å². The van der Waals surface area contributed by atoms with Crippen LogP contribution in [0.5, 0.6) is 0 Å². The van der Waals surface area contributed by atoms with Crippen molar-refractivity contribution >= 4 is 5.91 Å². The van der Waals surface area contributed by atoms with Gasteiger partial charge in [0.05, 0.1) is 12.6 Å². The number of nitrogens with one attached hydrogen (secondary N) is 2. The van der Waals surface area contributed by atoms with E-state index in [1.165, 1.54) is 6.33 Å². The van der Waals surface area contributed by atoms with Gasteiger partial charge in [0.25, 0.3) is 0 Å². The van der Waals surface area contributed by atoms with Crippen LogP contribution in [0, 0.1) is 0 Å². The van der Waals surface area contributed by atoms with Crippen LogP contribution < -0.4 is 11.1 Å². The van der Waals surface area contributed by atoms with Gasteiger partial charge < -0.3 is 11.1 Å². The Bertz CT molecular complexity index is 295. The maximum Gasteiger partial charge on any atom is 0.237 e. The fraction of sp³-hybridized carbons (Fsp3) is 0.375. The highest BCUT2D eigenvalue weighted by Gasteiger charge is 2.10. The summed E-state index contributed by atoms with van der Waals surface area (Å²) in [6, 6.07) is -0.546. The van der Waals surface area contributed by atoms with Crippen molar-refractivity contribution < 1.29 is 4.79 Å². The normalized spacial score (nSPS) is 12.1. The fourth-order valence-corrected chi connectivity index (χ4v) is 0.905. The van der Waals surface area contributed by atoms with E-state index >= 15 is 0 Å². The van der Waals surface area contributed by atoms with Gasteiger partial charge in [0.2, 0.25) is 5.91 Å². The third kappa shape index (κ3) is 2.98. The van der Waals surface area contributed by atoms with E-state index in [9.17, 15) is 4.79 Å². The van der Waals surface area contributed by atoms with E-state index in [4.69, 9.17) is 5.73 Å². The van der Waals surface area contributed by atoms with Crippen molar-refractivity contribution in [1.82, 2.24) is 20.5 Å². The quantitative estimate of drug-likeness (QED) is 0.542. The molecule has 0 saturated heterocycles. The molecule has 14 heavy (non-hydrogen) atoms. The number of carbonyl (C=O) groups is 1. The number of amides is 1. The van der Waals surface area contributed by atoms with Crippen molar-refractivity contribution in [3.05, 3.63) is 24.8 Å². The molecule has 0 aliphatic carbocycles. The predicted octanol–water partition coefficient (Wildman–Crippen LogP) is -0.676. The SMILES string of the molecule is C=CCC(N)C(=O)NCc1ncn[nH]1. The zero-order valence-electron chi connectivity index (χ0n) is 7.73. The van der Waals surface area contributed by atoms with Gasteiger partial charge >= 0.3 is 0 Å². The first-order valence-corrected chi connectivity index (χ1v) is 4.22. The first-order chi connectivity index (χ1) is 6.74. The van der Waals surface area contributed by atoms with E-state index in [-0.39, 0.29) is 5.91 Å². The largest absolute Gasteiger partial charge is 0.347 e. The zero-order chi connectivity index (χ0) is 10.4. The van der Waals surface area contributed by atoms with Crippen LogP contribution >= 0.6 is 0 Å². The molecular weight excluding hydrogens is 182 g/mol. The number of carbonyl (C=O) groups excluding carboxylic acids is 1. The summed E-state index contributed by atoms with van der Waals surface area (Å²) in [5.41, 5.74) is 5.54. The standard InChI is InChI=1S/C8H13N5O/c1-2-3-6(9)8(14)10-4-7-11-5-12-13-7/h2,5-6H,1,3-4,9H2,(H,10,14)(H,11,12,13). The van der Waals surface area contributed by atoms with Crippen molar-refractivity contribution in [2.75, 3.05) is 0 Å². The predicted molar refractivity (Wildman–Crippen MR) is 51.0 cm³/mol. The van der Waals surface area contributed by atoms with Crippen molar-refractivity contribution in [1.29, 1.82) is 0 Å². The maximum absolute atomic E-state index is 11.3. The minimum absolute atomic E-state index is 0.221. The number of rotatable bonds is 5. The van der Waals surface area contributed by atoms with E-state index < -0.39 is 6.04 Å². The molecule has 1 rings (SSSR count). The molecule has 1 amide bonds. The van der Waals surface area contributed by atoms with Gasteiger partial charge in [0.15, 0.2) is 0 Å². The summed E-state index contributed by atoms with van der Waals surface area (Å²) in [5.74, 6) is 0.380. The molecule has 1 atom stereocenters. The third-order valence-electron chi connectivity index (χ3n) is 1.65. The number of hydrogen-bond donors (Lipinski definition) is 3. The van der Waals surface area contributed by atoms with Crippen LogP contribution in [-0.2, 0) is 11.3 Å². The van der Waals surface area contributed by atoms with E-state index in [2.05, 4.69) is 27.1 Å². The van der Waals surface area contributed by atoms with Gasteiger partial charge in [-0.25, -0.2) is 4.98 Å². The van der Waals surface area contributed by atoms with E-state index in [0.29, 0.717) is 18.8 Å². The van der Waals surface area contributed by atoms with Crippen LogP contribution in [0.2, 0.25) is 0 Å². The number of aromatic amines is 1. The molecule has 0 fully saturated rings. The molecule has 0 saturated carbocycles. The smallest absolute Gasteiger partial charge is 0.237 e. The molecule has 6 nitrogen and oxygen atoms in total. The van der Waals surface area contributed by atoms with Crippen LogP contribution in [0.1, 0.15) is 12.2 Å². The van der Waals surface area contributed by atoms with Crippen molar-refractivity contribution in [2.45, 2.75) is 19.0 Å². The minimum atomic E-state index is -0.546. The van der Waals surface area contributed by atoms with Crippen LogP contribution in [-0.4, -0.2) is 27.1 Å². The minimum Gasteiger partial charge on any atom is -0.347 e. The second kappa shape index (κ2) is 5.13. The lowest BCUT2D eigenvalue weighted by atomic mass is 10.2. The van der Waals surface area contributed by atoms with Crippen molar-refractivity contribution in [3.63, 3.8) is 0 Å². The summed E-state index contributed by atoms with van der Waals surface area (Å²) in [6.07, 6.45) is 3.45. The molecule has 76 valence electrons. The Morgan fingerprint density at radius 1 is 1.86 bits per heavy atom.